The summed E-state index contributed by atoms with van der Waals surface area (Å²) in [4.78, 5) is 0. The highest BCUT2D eigenvalue weighted by Gasteiger charge is 2.15. The molecule has 0 heterocycles. The molecule has 0 bridgehead atoms. The minimum absolute atomic E-state index is 0.819. The number of allylic oxidation sites excluding steroid dienone is 26. The predicted molar refractivity (Wildman–Crippen MR) is 245 cm³/mol. The Balaban J connectivity index is 1.21. The van der Waals surface area contributed by atoms with Crippen LogP contribution in [0.1, 0.15) is 46.2 Å². The SMILES string of the molecule is C=C1/C=C\C=C/C/C=C(c2c(=C)/c(=C\C=C/Cc3cccc(C4=Cc5ccccc5C4)c3)cc3c(C4=CC=C5CC=CC5=CC=CC=CC=C4)cccc23)\C=C/1. The second-order valence-corrected chi connectivity index (χ2v) is 14.5. The molecule has 0 aromatic heterocycles. The zero-order chi connectivity index (χ0) is 38.1. The predicted octanol–water partition coefficient (Wildman–Crippen LogP) is 12.8. The summed E-state index contributed by atoms with van der Waals surface area (Å²) in [7, 11) is 0. The average molecular weight is 719 g/mol. The fraction of sp³-hybridized carbons (Fsp3) is 0.0714. The topological polar surface area (TPSA) is 0 Å². The Bertz CT molecular complexity index is 2740. The van der Waals surface area contributed by atoms with E-state index in [1.807, 2.05) is 6.08 Å². The van der Waals surface area contributed by atoms with Crippen molar-refractivity contribution in [3.8, 4) is 0 Å². The largest absolute Gasteiger partial charge is 0.0918 e. The smallest absolute Gasteiger partial charge is 0.00137 e. The molecule has 4 aliphatic rings. The van der Waals surface area contributed by atoms with Crippen molar-refractivity contribution in [2.75, 3.05) is 0 Å². The normalized spacial score (nSPS) is 19.6. The zero-order valence-corrected chi connectivity index (χ0v) is 31.9. The number of benzene rings is 4. The first-order valence-electron chi connectivity index (χ1n) is 19.6. The fourth-order valence-electron chi connectivity index (χ4n) is 7.80. The molecule has 0 N–H and O–H groups in total. The third-order valence-electron chi connectivity index (χ3n) is 10.7. The van der Waals surface area contributed by atoms with Gasteiger partial charge in [-0.2, -0.15) is 0 Å². The second kappa shape index (κ2) is 17.1. The Morgan fingerprint density at radius 2 is 1.50 bits per heavy atom. The summed E-state index contributed by atoms with van der Waals surface area (Å²) >= 11 is 0. The van der Waals surface area contributed by atoms with Crippen LogP contribution in [0, 0.1) is 0 Å². The molecule has 0 aliphatic heterocycles. The standard InChI is InChI=1S/C56H46/c1-41-19-8-6-7-11-24-47(34-33-41)56-42(2)48(25-13-12-20-43-21-16-30-49(37-43)52-38-50-26-14-15-27-51(50)39-52)40-55-53(31-18-32-54(55)56)46-23-10-5-3-4-9-22-44-28-17-29-45(44)35-36-46/h3-10,12-19,21-28,30-38,40H,1-2,11,20,29,39H2/b4-3?,5-3?,7-6-,9-4?,10-5?,13-12-,19-8-,22-9?,23-10?,34-33-,36-35?,44-22?,45-35?,46-23?,46-36?,47-24+,48-25-. The monoisotopic (exact) mass is 718 g/mol. The minimum Gasteiger partial charge on any atom is -0.0918 e. The molecule has 270 valence electrons. The lowest BCUT2D eigenvalue weighted by atomic mass is 9.89. The number of rotatable bonds is 6. The third kappa shape index (κ3) is 8.31. The van der Waals surface area contributed by atoms with Gasteiger partial charge in [0.15, 0.2) is 0 Å². The van der Waals surface area contributed by atoms with E-state index >= 15 is 0 Å². The summed E-state index contributed by atoms with van der Waals surface area (Å²) in [6.07, 6.45) is 51.6. The molecule has 56 heavy (non-hydrogen) atoms. The number of hydrogen-bond donors (Lipinski definition) is 0. The maximum Gasteiger partial charge on any atom is -0.00137 e. The highest BCUT2D eigenvalue weighted by molar-refractivity contribution is 6.03. The van der Waals surface area contributed by atoms with E-state index in [9.17, 15) is 0 Å². The minimum atomic E-state index is 0.819. The van der Waals surface area contributed by atoms with Crippen LogP contribution in [-0.2, 0) is 12.8 Å². The van der Waals surface area contributed by atoms with Crippen molar-refractivity contribution < 1.29 is 0 Å². The van der Waals surface area contributed by atoms with Gasteiger partial charge >= 0.3 is 0 Å². The summed E-state index contributed by atoms with van der Waals surface area (Å²) in [5, 5.41) is 4.49. The van der Waals surface area contributed by atoms with Crippen LogP contribution in [0.25, 0.3) is 46.2 Å². The quantitative estimate of drug-likeness (QED) is 0.186. The van der Waals surface area contributed by atoms with E-state index in [4.69, 9.17) is 6.58 Å². The maximum absolute atomic E-state index is 4.75. The van der Waals surface area contributed by atoms with Gasteiger partial charge in [0, 0.05) is 0 Å². The van der Waals surface area contributed by atoms with Crippen LogP contribution in [0.3, 0.4) is 0 Å². The van der Waals surface area contributed by atoms with Crippen molar-refractivity contribution in [1.29, 1.82) is 0 Å². The molecule has 0 fully saturated rings. The Morgan fingerprint density at radius 3 is 2.45 bits per heavy atom. The molecule has 0 heteroatoms. The third-order valence-corrected chi connectivity index (χ3v) is 10.7. The molecule has 0 spiro atoms. The molecule has 4 aromatic rings. The van der Waals surface area contributed by atoms with Crippen LogP contribution < -0.4 is 10.4 Å². The highest BCUT2D eigenvalue weighted by Crippen LogP contribution is 2.33. The molecule has 0 saturated carbocycles. The van der Waals surface area contributed by atoms with E-state index in [1.165, 1.54) is 55.3 Å². The van der Waals surface area contributed by atoms with Crippen molar-refractivity contribution in [3.63, 3.8) is 0 Å². The lowest BCUT2D eigenvalue weighted by molar-refractivity contribution is 1.25. The second-order valence-electron chi connectivity index (χ2n) is 14.5. The molecule has 4 aromatic carbocycles. The Morgan fingerprint density at radius 1 is 0.625 bits per heavy atom. The Kier molecular flexibility index (Phi) is 11.1. The van der Waals surface area contributed by atoms with E-state index < -0.39 is 0 Å². The van der Waals surface area contributed by atoms with Gasteiger partial charge in [0.1, 0.15) is 0 Å². The molecular formula is C56H46. The van der Waals surface area contributed by atoms with Crippen LogP contribution in [0.4, 0.5) is 0 Å². The van der Waals surface area contributed by atoms with E-state index in [2.05, 4.69) is 207 Å². The van der Waals surface area contributed by atoms with Crippen LogP contribution in [0.5, 0.6) is 0 Å². The van der Waals surface area contributed by atoms with Crippen LogP contribution in [-0.4, -0.2) is 0 Å². The first-order chi connectivity index (χ1) is 27.6. The van der Waals surface area contributed by atoms with Crippen LogP contribution >= 0.6 is 0 Å². The molecule has 0 radical (unpaired) electrons. The number of hydrogen-bond acceptors (Lipinski definition) is 0. The molecule has 0 saturated heterocycles. The molecule has 0 amide bonds. The summed E-state index contributed by atoms with van der Waals surface area (Å²) in [6, 6.07) is 26.7. The first kappa shape index (κ1) is 36.2. The van der Waals surface area contributed by atoms with Gasteiger partial charge in [-0.05, 0) is 120 Å². The van der Waals surface area contributed by atoms with Gasteiger partial charge in [0.05, 0.1) is 0 Å². The Labute approximate surface area is 332 Å². The van der Waals surface area contributed by atoms with Gasteiger partial charge in [-0.1, -0.05) is 214 Å². The van der Waals surface area contributed by atoms with E-state index in [-0.39, 0.29) is 0 Å². The molecule has 0 unspecified atom stereocenters. The molecule has 0 nitrogen and oxygen atoms in total. The lowest BCUT2D eigenvalue weighted by Crippen LogP contribution is -2.27. The van der Waals surface area contributed by atoms with Crippen LogP contribution in [0.15, 0.2) is 218 Å². The first-order valence-corrected chi connectivity index (χ1v) is 19.6. The maximum atomic E-state index is 4.75. The van der Waals surface area contributed by atoms with Crippen molar-refractivity contribution in [2.45, 2.75) is 25.7 Å². The molecule has 0 atom stereocenters. The summed E-state index contributed by atoms with van der Waals surface area (Å²) < 4.78 is 0. The van der Waals surface area contributed by atoms with E-state index in [0.717, 1.165) is 58.4 Å². The summed E-state index contributed by atoms with van der Waals surface area (Å²) in [6.45, 7) is 9.02. The van der Waals surface area contributed by atoms with Crippen molar-refractivity contribution in [3.05, 3.63) is 261 Å². The summed E-state index contributed by atoms with van der Waals surface area (Å²) in [5.41, 5.74) is 14.9. The van der Waals surface area contributed by atoms with Crippen molar-refractivity contribution in [2.24, 2.45) is 0 Å². The van der Waals surface area contributed by atoms with Crippen molar-refractivity contribution >= 4 is 46.2 Å². The van der Waals surface area contributed by atoms with Crippen molar-refractivity contribution in [1.82, 2.24) is 0 Å². The van der Waals surface area contributed by atoms with Gasteiger partial charge in [-0.25, -0.2) is 0 Å². The average Bonchev–Trinajstić information content (AvgIpc) is 3.86. The van der Waals surface area contributed by atoms with Gasteiger partial charge in [-0.3, -0.25) is 0 Å². The van der Waals surface area contributed by atoms with Gasteiger partial charge in [-0.15, -0.1) is 0 Å². The van der Waals surface area contributed by atoms with Crippen LogP contribution in [0.2, 0.25) is 0 Å². The Hall–Kier alpha value is -6.76. The van der Waals surface area contributed by atoms with Gasteiger partial charge in [0.25, 0.3) is 0 Å². The fourth-order valence-corrected chi connectivity index (χ4v) is 7.80. The van der Waals surface area contributed by atoms with Gasteiger partial charge < -0.3 is 0 Å². The molecular weight excluding hydrogens is 673 g/mol. The van der Waals surface area contributed by atoms with E-state index in [1.54, 1.807) is 0 Å². The molecule has 4 aliphatic carbocycles. The van der Waals surface area contributed by atoms with E-state index in [0.29, 0.717) is 0 Å². The zero-order valence-electron chi connectivity index (χ0n) is 31.9. The lowest BCUT2D eigenvalue weighted by Gasteiger charge is -2.15. The summed E-state index contributed by atoms with van der Waals surface area (Å²) in [5.74, 6) is 0. The van der Waals surface area contributed by atoms with Gasteiger partial charge in [0.2, 0.25) is 0 Å². The highest BCUT2D eigenvalue weighted by atomic mass is 14.2. The molecule has 8 rings (SSSR count). The number of fused-ring (bicyclic) bond motifs is 3.